The van der Waals surface area contributed by atoms with Crippen LogP contribution in [0, 0.1) is 0 Å². The molecule has 21 heavy (non-hydrogen) atoms. The Morgan fingerprint density at radius 1 is 1.14 bits per heavy atom. The summed E-state index contributed by atoms with van der Waals surface area (Å²) in [6.07, 6.45) is -5.67. The summed E-state index contributed by atoms with van der Waals surface area (Å²) >= 11 is 0. The van der Waals surface area contributed by atoms with Gasteiger partial charge in [0.2, 0.25) is 0 Å². The highest BCUT2D eigenvalue weighted by Gasteiger charge is 2.48. The molecule has 1 aromatic rings. The Morgan fingerprint density at radius 2 is 1.90 bits per heavy atom. The minimum Gasteiger partial charge on any atom is -0.387 e. The summed E-state index contributed by atoms with van der Waals surface area (Å²) in [5.74, 6) is 0. The molecule has 6 atom stereocenters. The van der Waals surface area contributed by atoms with Gasteiger partial charge in [0.05, 0.1) is 6.61 Å². The smallest absolute Gasteiger partial charge is 0.184 e. The van der Waals surface area contributed by atoms with Crippen molar-refractivity contribution in [2.45, 2.75) is 36.9 Å². The third-order valence-corrected chi connectivity index (χ3v) is 3.59. The van der Waals surface area contributed by atoms with Gasteiger partial charge in [0.25, 0.3) is 0 Å². The van der Waals surface area contributed by atoms with Gasteiger partial charge in [-0.2, -0.15) is 0 Å². The van der Waals surface area contributed by atoms with Crippen molar-refractivity contribution in [3.63, 3.8) is 0 Å². The minimum absolute atomic E-state index is 0.172. The van der Waals surface area contributed by atoms with Crippen molar-refractivity contribution < 1.29 is 24.4 Å². The number of nitrogens with zero attached hydrogens (tertiary/aromatic N) is 3. The van der Waals surface area contributed by atoms with Gasteiger partial charge in [-0.3, -0.25) is 0 Å². The van der Waals surface area contributed by atoms with Crippen LogP contribution in [0.15, 0.2) is 35.4 Å². The van der Waals surface area contributed by atoms with Crippen LogP contribution in [0.1, 0.15) is 11.9 Å². The second-order valence-corrected chi connectivity index (χ2v) is 4.93. The van der Waals surface area contributed by atoms with Crippen molar-refractivity contribution in [2.24, 2.45) is 5.11 Å². The Morgan fingerprint density at radius 3 is 2.62 bits per heavy atom. The van der Waals surface area contributed by atoms with Crippen molar-refractivity contribution in [2.75, 3.05) is 6.61 Å². The number of aliphatic hydroxyl groups is 2. The van der Waals surface area contributed by atoms with E-state index in [1.54, 1.807) is 0 Å². The molecular formula is C13H15N3O5. The Balaban J connectivity index is 1.76. The van der Waals surface area contributed by atoms with Gasteiger partial charge in [-0.1, -0.05) is 35.4 Å². The number of hydrogen-bond acceptors (Lipinski definition) is 6. The molecule has 2 aliphatic rings. The molecule has 1 unspecified atom stereocenters. The van der Waals surface area contributed by atoms with Crippen molar-refractivity contribution in [1.29, 1.82) is 0 Å². The number of ether oxygens (including phenoxy) is 3. The number of benzene rings is 1. The zero-order valence-electron chi connectivity index (χ0n) is 11.0. The molecule has 2 heterocycles. The summed E-state index contributed by atoms with van der Waals surface area (Å²) in [4.78, 5) is 2.59. The molecule has 0 spiro atoms. The maximum atomic E-state index is 10.1. The average Bonchev–Trinajstić information content (AvgIpc) is 2.53. The zero-order valence-corrected chi connectivity index (χ0v) is 11.0. The number of rotatable bonds is 2. The first-order chi connectivity index (χ1) is 10.2. The predicted octanol–water partition coefficient (Wildman–Crippen LogP) is 0.858. The lowest BCUT2D eigenvalue weighted by Gasteiger charge is -2.45. The summed E-state index contributed by atoms with van der Waals surface area (Å²) < 4.78 is 16.7. The van der Waals surface area contributed by atoms with Crippen LogP contribution in [0.3, 0.4) is 0 Å². The van der Waals surface area contributed by atoms with Crippen molar-refractivity contribution in [3.05, 3.63) is 46.3 Å². The summed E-state index contributed by atoms with van der Waals surface area (Å²) in [6.45, 7) is 0.172. The monoisotopic (exact) mass is 293 g/mol. The van der Waals surface area contributed by atoms with E-state index in [4.69, 9.17) is 19.7 Å². The van der Waals surface area contributed by atoms with Gasteiger partial charge in [0.15, 0.2) is 12.5 Å². The summed E-state index contributed by atoms with van der Waals surface area (Å²) in [5.41, 5.74) is 9.25. The van der Waals surface area contributed by atoms with Crippen molar-refractivity contribution in [3.8, 4) is 0 Å². The Labute approximate surface area is 120 Å². The van der Waals surface area contributed by atoms with Gasteiger partial charge in [-0.05, 0) is 5.53 Å². The van der Waals surface area contributed by atoms with E-state index in [2.05, 4.69) is 10.0 Å². The number of aliphatic hydroxyl groups excluding tert-OH is 2. The largest absolute Gasteiger partial charge is 0.387 e. The van der Waals surface area contributed by atoms with E-state index in [-0.39, 0.29) is 6.61 Å². The lowest BCUT2D eigenvalue weighted by Crippen LogP contribution is -2.61. The molecule has 2 saturated heterocycles. The maximum Gasteiger partial charge on any atom is 0.184 e. The minimum atomic E-state index is -1.34. The molecule has 0 aromatic heterocycles. The van der Waals surface area contributed by atoms with E-state index < -0.39 is 36.9 Å². The molecule has 3 rings (SSSR count). The van der Waals surface area contributed by atoms with E-state index in [0.29, 0.717) is 0 Å². The van der Waals surface area contributed by atoms with Gasteiger partial charge in [-0.15, -0.1) is 0 Å². The Bertz CT molecular complexity index is 534. The van der Waals surface area contributed by atoms with Crippen LogP contribution in [0.2, 0.25) is 0 Å². The van der Waals surface area contributed by atoms with Crippen LogP contribution in [0.25, 0.3) is 10.4 Å². The maximum absolute atomic E-state index is 10.1. The van der Waals surface area contributed by atoms with Crippen LogP contribution in [-0.2, 0) is 14.2 Å². The molecule has 2 aliphatic heterocycles. The fraction of sp³-hybridized carbons (Fsp3) is 0.538. The SMILES string of the molecule is [N-]=[N+]=N[C@@H]1O[C@@H]2COC(c3ccccc3)O[C@@H]2[C@H](O)[C@H]1O. The predicted molar refractivity (Wildman–Crippen MR) is 69.8 cm³/mol. The molecule has 8 heteroatoms. The average molecular weight is 293 g/mol. The van der Waals surface area contributed by atoms with Gasteiger partial charge in [-0.25, -0.2) is 0 Å². The van der Waals surface area contributed by atoms with E-state index in [0.717, 1.165) is 5.56 Å². The van der Waals surface area contributed by atoms with E-state index in [1.807, 2.05) is 30.3 Å². The lowest BCUT2D eigenvalue weighted by atomic mass is 9.97. The number of azide groups is 1. The Hall–Kier alpha value is -1.67. The molecule has 0 bridgehead atoms. The molecule has 0 amide bonds. The van der Waals surface area contributed by atoms with Gasteiger partial charge >= 0.3 is 0 Å². The molecule has 0 saturated carbocycles. The second kappa shape index (κ2) is 5.98. The van der Waals surface area contributed by atoms with E-state index >= 15 is 0 Å². The topological polar surface area (TPSA) is 117 Å². The normalized spacial score (nSPS) is 39.1. The summed E-state index contributed by atoms with van der Waals surface area (Å²) in [7, 11) is 0. The molecule has 112 valence electrons. The molecule has 0 radical (unpaired) electrons. The van der Waals surface area contributed by atoms with Crippen LogP contribution in [0.4, 0.5) is 0 Å². The highest BCUT2D eigenvalue weighted by atomic mass is 16.7. The highest BCUT2D eigenvalue weighted by molar-refractivity contribution is 5.16. The summed E-state index contributed by atoms with van der Waals surface area (Å²) in [5, 5.41) is 23.4. The van der Waals surface area contributed by atoms with E-state index in [9.17, 15) is 10.2 Å². The first-order valence-corrected chi connectivity index (χ1v) is 6.58. The van der Waals surface area contributed by atoms with Crippen molar-refractivity contribution in [1.82, 2.24) is 0 Å². The fourth-order valence-corrected chi connectivity index (χ4v) is 2.52. The third-order valence-electron chi connectivity index (χ3n) is 3.59. The van der Waals surface area contributed by atoms with Crippen molar-refractivity contribution >= 4 is 0 Å². The van der Waals surface area contributed by atoms with Crippen LogP contribution in [0.5, 0.6) is 0 Å². The lowest BCUT2D eigenvalue weighted by molar-refractivity contribution is -0.327. The van der Waals surface area contributed by atoms with Crippen LogP contribution in [-0.4, -0.2) is 47.5 Å². The molecule has 2 fully saturated rings. The molecule has 1 aromatic carbocycles. The number of fused-ring (bicyclic) bond motifs is 1. The fourth-order valence-electron chi connectivity index (χ4n) is 2.52. The van der Waals surface area contributed by atoms with Crippen LogP contribution >= 0.6 is 0 Å². The molecule has 0 aliphatic carbocycles. The quantitative estimate of drug-likeness (QED) is 0.476. The second-order valence-electron chi connectivity index (χ2n) is 4.93. The summed E-state index contributed by atoms with van der Waals surface area (Å²) in [6, 6.07) is 9.28. The third kappa shape index (κ3) is 2.73. The van der Waals surface area contributed by atoms with Gasteiger partial charge in [0, 0.05) is 10.5 Å². The molecule has 8 nitrogen and oxygen atoms in total. The van der Waals surface area contributed by atoms with E-state index in [1.165, 1.54) is 0 Å². The highest BCUT2D eigenvalue weighted by Crippen LogP contribution is 2.34. The van der Waals surface area contributed by atoms with Gasteiger partial charge in [0.1, 0.15) is 24.4 Å². The first kappa shape index (κ1) is 14.3. The van der Waals surface area contributed by atoms with Crippen LogP contribution < -0.4 is 0 Å². The molecular weight excluding hydrogens is 278 g/mol. The Kier molecular flexibility index (Phi) is 4.07. The first-order valence-electron chi connectivity index (χ1n) is 6.58. The zero-order chi connectivity index (χ0) is 14.8. The molecule has 2 N–H and O–H groups in total. The van der Waals surface area contributed by atoms with Gasteiger partial charge < -0.3 is 24.4 Å². The standard InChI is InChI=1S/C13H15N3O5/c14-16-15-12-10(18)9(17)11-8(20-12)6-19-13(21-11)7-4-2-1-3-5-7/h1-5,8-13,17-18H,6H2/t8-,9-,10-,11+,12-,13?/m1/s1. The number of hydrogen-bond donors (Lipinski definition) is 2.